The van der Waals surface area contributed by atoms with Crippen LogP contribution < -0.4 is 16.2 Å². The van der Waals surface area contributed by atoms with E-state index in [0.717, 1.165) is 11.8 Å². The van der Waals surface area contributed by atoms with Gasteiger partial charge in [-0.25, -0.2) is 15.2 Å². The van der Waals surface area contributed by atoms with E-state index in [2.05, 4.69) is 15.4 Å². The van der Waals surface area contributed by atoms with Gasteiger partial charge in [0.25, 0.3) is 0 Å². The number of hydrazine groups is 1. The number of nitrogens with one attached hydrogen (secondary N) is 1. The van der Waals surface area contributed by atoms with Gasteiger partial charge in [-0.3, -0.25) is 5.43 Å². The molecule has 0 unspecified atom stereocenters. The van der Waals surface area contributed by atoms with Crippen LogP contribution in [0.3, 0.4) is 0 Å². The molecule has 0 aliphatic heterocycles. The molecule has 2 aromatic rings. The number of halogens is 1. The molecule has 0 aromatic carbocycles. The molecule has 2 heterocycles. The van der Waals surface area contributed by atoms with E-state index < -0.39 is 5.82 Å². The summed E-state index contributed by atoms with van der Waals surface area (Å²) in [6.45, 7) is 0.585. The Bertz CT molecular complexity index is 487. The summed E-state index contributed by atoms with van der Waals surface area (Å²) in [5.41, 5.74) is 3.40. The standard InChI is InChI=1S/C10H12FN5S/c1-16(5-7-2-3-17-6-7)9-8(11)4-13-10(14-9)15-12/h2-4,6H,5,12H2,1H3,(H,13,14,15). The van der Waals surface area contributed by atoms with Crippen molar-refractivity contribution in [3.05, 3.63) is 34.4 Å². The van der Waals surface area contributed by atoms with E-state index in [0.29, 0.717) is 6.54 Å². The van der Waals surface area contributed by atoms with E-state index in [-0.39, 0.29) is 11.8 Å². The Morgan fingerprint density at radius 3 is 3.06 bits per heavy atom. The molecule has 7 heteroatoms. The summed E-state index contributed by atoms with van der Waals surface area (Å²) >= 11 is 1.60. The molecule has 0 saturated carbocycles. The zero-order chi connectivity index (χ0) is 12.3. The van der Waals surface area contributed by atoms with E-state index in [9.17, 15) is 4.39 Å². The van der Waals surface area contributed by atoms with Gasteiger partial charge in [-0.1, -0.05) is 0 Å². The normalized spacial score (nSPS) is 10.3. The smallest absolute Gasteiger partial charge is 0.239 e. The van der Waals surface area contributed by atoms with Crippen LogP contribution in [0.5, 0.6) is 0 Å². The molecule has 3 N–H and O–H groups in total. The highest BCUT2D eigenvalue weighted by Gasteiger charge is 2.11. The highest BCUT2D eigenvalue weighted by molar-refractivity contribution is 7.07. The SMILES string of the molecule is CN(Cc1ccsc1)c1nc(NN)ncc1F. The number of aromatic nitrogens is 2. The lowest BCUT2D eigenvalue weighted by Gasteiger charge is -2.18. The summed E-state index contributed by atoms with van der Waals surface area (Å²) in [5.74, 6) is 5.13. The van der Waals surface area contributed by atoms with Gasteiger partial charge in [0.2, 0.25) is 5.95 Å². The van der Waals surface area contributed by atoms with Crippen molar-refractivity contribution in [1.29, 1.82) is 0 Å². The van der Waals surface area contributed by atoms with Crippen LogP contribution in [-0.2, 0) is 6.54 Å². The van der Waals surface area contributed by atoms with Gasteiger partial charge in [0.1, 0.15) is 0 Å². The number of nitrogens with zero attached hydrogens (tertiary/aromatic N) is 3. The maximum Gasteiger partial charge on any atom is 0.239 e. The van der Waals surface area contributed by atoms with Gasteiger partial charge in [-0.15, -0.1) is 0 Å². The number of nitrogens with two attached hydrogens (primary N) is 1. The van der Waals surface area contributed by atoms with Crippen LogP contribution in [0.1, 0.15) is 5.56 Å². The summed E-state index contributed by atoms with van der Waals surface area (Å²) in [7, 11) is 1.77. The lowest BCUT2D eigenvalue weighted by atomic mass is 10.3. The molecular weight excluding hydrogens is 241 g/mol. The molecule has 0 aliphatic rings. The summed E-state index contributed by atoms with van der Waals surface area (Å²) in [6, 6.07) is 1.99. The first-order chi connectivity index (χ1) is 8.20. The van der Waals surface area contributed by atoms with Gasteiger partial charge < -0.3 is 4.90 Å². The Balaban J connectivity index is 2.20. The maximum absolute atomic E-state index is 13.6. The molecule has 0 bridgehead atoms. The third-order valence-corrected chi connectivity index (χ3v) is 2.95. The predicted molar refractivity (Wildman–Crippen MR) is 66.2 cm³/mol. The van der Waals surface area contributed by atoms with E-state index in [1.165, 1.54) is 0 Å². The minimum Gasteiger partial charge on any atom is -0.353 e. The minimum absolute atomic E-state index is 0.193. The maximum atomic E-state index is 13.6. The molecule has 0 saturated heterocycles. The van der Waals surface area contributed by atoms with E-state index >= 15 is 0 Å². The Labute approximate surface area is 102 Å². The zero-order valence-corrected chi connectivity index (χ0v) is 10.0. The largest absolute Gasteiger partial charge is 0.353 e. The monoisotopic (exact) mass is 253 g/mol. The van der Waals surface area contributed by atoms with Crippen molar-refractivity contribution in [2.45, 2.75) is 6.54 Å². The first-order valence-corrected chi connectivity index (χ1v) is 5.86. The van der Waals surface area contributed by atoms with Crippen LogP contribution in [0, 0.1) is 5.82 Å². The van der Waals surface area contributed by atoms with Crippen LogP contribution in [0.25, 0.3) is 0 Å². The molecule has 0 fully saturated rings. The summed E-state index contributed by atoms with van der Waals surface area (Å²) in [6.07, 6.45) is 1.10. The van der Waals surface area contributed by atoms with Gasteiger partial charge in [0, 0.05) is 13.6 Å². The molecule has 0 amide bonds. The van der Waals surface area contributed by atoms with E-state index in [4.69, 9.17) is 5.84 Å². The van der Waals surface area contributed by atoms with Crippen molar-refractivity contribution in [3.63, 3.8) is 0 Å². The molecule has 2 rings (SSSR count). The fraction of sp³-hybridized carbons (Fsp3) is 0.200. The fourth-order valence-corrected chi connectivity index (χ4v) is 2.09. The van der Waals surface area contributed by atoms with Gasteiger partial charge in [0.05, 0.1) is 6.20 Å². The number of nitrogen functional groups attached to an aromatic ring is 1. The van der Waals surface area contributed by atoms with E-state index in [1.54, 1.807) is 23.3 Å². The van der Waals surface area contributed by atoms with E-state index in [1.807, 2.05) is 16.8 Å². The summed E-state index contributed by atoms with van der Waals surface area (Å²) in [5, 5.41) is 3.99. The molecule has 17 heavy (non-hydrogen) atoms. The number of hydrogen-bond donors (Lipinski definition) is 2. The van der Waals surface area contributed by atoms with Gasteiger partial charge >= 0.3 is 0 Å². The Hall–Kier alpha value is -1.73. The topological polar surface area (TPSA) is 67.1 Å². The second-order valence-corrected chi connectivity index (χ2v) is 4.28. The quantitative estimate of drug-likeness (QED) is 0.640. The second kappa shape index (κ2) is 5.07. The van der Waals surface area contributed by atoms with Crippen molar-refractivity contribution in [3.8, 4) is 0 Å². The van der Waals surface area contributed by atoms with Gasteiger partial charge in [-0.05, 0) is 22.4 Å². The summed E-state index contributed by atoms with van der Waals surface area (Å²) < 4.78 is 13.6. The number of hydrogen-bond acceptors (Lipinski definition) is 6. The van der Waals surface area contributed by atoms with Crippen molar-refractivity contribution in [1.82, 2.24) is 9.97 Å². The van der Waals surface area contributed by atoms with Crippen LogP contribution in [0.4, 0.5) is 16.2 Å². The lowest BCUT2D eigenvalue weighted by Crippen LogP contribution is -2.20. The molecule has 5 nitrogen and oxygen atoms in total. The van der Waals surface area contributed by atoms with Gasteiger partial charge in [-0.2, -0.15) is 16.3 Å². The third-order valence-electron chi connectivity index (χ3n) is 2.22. The van der Waals surface area contributed by atoms with Crippen molar-refractivity contribution in [2.75, 3.05) is 17.4 Å². The predicted octanol–water partition coefficient (Wildman–Crippen LogP) is 1.60. The lowest BCUT2D eigenvalue weighted by molar-refractivity contribution is 0.607. The number of anilines is 2. The summed E-state index contributed by atoms with van der Waals surface area (Å²) in [4.78, 5) is 9.38. The van der Waals surface area contributed by atoms with Crippen LogP contribution >= 0.6 is 11.3 Å². The first-order valence-electron chi connectivity index (χ1n) is 4.92. The van der Waals surface area contributed by atoms with Crippen LogP contribution in [0.15, 0.2) is 23.0 Å². The Morgan fingerprint density at radius 2 is 2.41 bits per heavy atom. The van der Waals surface area contributed by atoms with Crippen molar-refractivity contribution in [2.24, 2.45) is 5.84 Å². The average molecular weight is 253 g/mol. The fourth-order valence-electron chi connectivity index (χ4n) is 1.43. The van der Waals surface area contributed by atoms with Gasteiger partial charge in [0.15, 0.2) is 11.6 Å². The minimum atomic E-state index is -0.471. The molecule has 90 valence electrons. The Kier molecular flexibility index (Phi) is 3.50. The second-order valence-electron chi connectivity index (χ2n) is 3.50. The molecule has 2 aromatic heterocycles. The zero-order valence-electron chi connectivity index (χ0n) is 9.22. The molecule has 0 radical (unpaired) electrons. The van der Waals surface area contributed by atoms with Crippen molar-refractivity contribution < 1.29 is 4.39 Å². The Morgan fingerprint density at radius 1 is 1.59 bits per heavy atom. The molecule has 0 spiro atoms. The number of rotatable bonds is 4. The average Bonchev–Trinajstić information content (AvgIpc) is 2.82. The number of thiophene rings is 1. The highest BCUT2D eigenvalue weighted by Crippen LogP contribution is 2.18. The van der Waals surface area contributed by atoms with Crippen LogP contribution in [-0.4, -0.2) is 17.0 Å². The first kappa shape index (κ1) is 11.7. The molecular formula is C10H12FN5S. The highest BCUT2D eigenvalue weighted by atomic mass is 32.1. The molecule has 0 aliphatic carbocycles. The third kappa shape index (κ3) is 2.69. The molecule has 0 atom stereocenters. The van der Waals surface area contributed by atoms with Crippen molar-refractivity contribution >= 4 is 23.1 Å². The van der Waals surface area contributed by atoms with Crippen LogP contribution in [0.2, 0.25) is 0 Å².